The number of hydrogen-bond acceptors (Lipinski definition) is 4. The van der Waals surface area contributed by atoms with Crippen molar-refractivity contribution in [2.24, 2.45) is 0 Å². The molecule has 6 heteroatoms. The lowest BCUT2D eigenvalue weighted by Crippen LogP contribution is -2.49. The van der Waals surface area contributed by atoms with E-state index in [-0.39, 0.29) is 12.5 Å². The maximum atomic E-state index is 12.8. The molecule has 0 unspecified atom stereocenters. The zero-order valence-electron chi connectivity index (χ0n) is 13.1. The summed E-state index contributed by atoms with van der Waals surface area (Å²) in [6.07, 6.45) is 1.92. The van der Waals surface area contributed by atoms with E-state index >= 15 is 0 Å². The van der Waals surface area contributed by atoms with E-state index < -0.39 is 0 Å². The fourth-order valence-electron chi connectivity index (χ4n) is 2.99. The van der Waals surface area contributed by atoms with E-state index in [0.717, 1.165) is 30.0 Å². The number of rotatable bonds is 3. The van der Waals surface area contributed by atoms with Gasteiger partial charge in [-0.15, -0.1) is 0 Å². The minimum atomic E-state index is 0.0394. The van der Waals surface area contributed by atoms with E-state index in [2.05, 4.69) is 9.88 Å². The van der Waals surface area contributed by atoms with Crippen LogP contribution in [-0.2, 0) is 0 Å². The Balaban J connectivity index is 1.82. The van der Waals surface area contributed by atoms with Gasteiger partial charge in [0.05, 0.1) is 12.3 Å². The summed E-state index contributed by atoms with van der Waals surface area (Å²) in [7, 11) is 0. The van der Waals surface area contributed by atoms with Crippen LogP contribution < -0.4 is 0 Å². The van der Waals surface area contributed by atoms with Gasteiger partial charge in [-0.3, -0.25) is 14.1 Å². The Morgan fingerprint density at radius 3 is 2.68 bits per heavy atom. The number of amides is 1. The Bertz CT molecular complexity index is 687. The third-order valence-electron chi connectivity index (χ3n) is 4.23. The highest BCUT2D eigenvalue weighted by Crippen LogP contribution is 2.16. The second-order valence-corrected chi connectivity index (χ2v) is 5.84. The Labute approximate surface area is 130 Å². The molecule has 0 radical (unpaired) electrons. The van der Waals surface area contributed by atoms with Gasteiger partial charge < -0.3 is 10.0 Å². The van der Waals surface area contributed by atoms with Crippen molar-refractivity contribution in [2.45, 2.75) is 13.8 Å². The molecule has 6 nitrogen and oxygen atoms in total. The summed E-state index contributed by atoms with van der Waals surface area (Å²) in [4.78, 5) is 21.4. The number of piperazine rings is 1. The number of aromatic nitrogens is 2. The first-order valence-electron chi connectivity index (χ1n) is 7.68. The van der Waals surface area contributed by atoms with Crippen LogP contribution in [0.3, 0.4) is 0 Å². The summed E-state index contributed by atoms with van der Waals surface area (Å²) in [6.45, 7) is 7.75. The molecule has 1 N–H and O–H groups in total. The molecular formula is C16H22N4O2. The van der Waals surface area contributed by atoms with Crippen molar-refractivity contribution in [3.63, 3.8) is 0 Å². The number of aliphatic hydroxyl groups is 1. The molecule has 0 atom stereocenters. The number of carbonyl (C=O) groups is 1. The van der Waals surface area contributed by atoms with Gasteiger partial charge in [0, 0.05) is 38.9 Å². The van der Waals surface area contributed by atoms with Crippen molar-refractivity contribution in [1.82, 2.24) is 19.2 Å². The minimum Gasteiger partial charge on any atom is -0.395 e. The maximum Gasteiger partial charge on any atom is 0.272 e. The number of aryl methyl sites for hydroxylation is 2. The fraction of sp³-hybridized carbons (Fsp3) is 0.500. The van der Waals surface area contributed by atoms with Gasteiger partial charge in [-0.05, 0) is 31.5 Å². The Morgan fingerprint density at radius 1 is 1.27 bits per heavy atom. The smallest absolute Gasteiger partial charge is 0.272 e. The van der Waals surface area contributed by atoms with Crippen molar-refractivity contribution in [3.8, 4) is 0 Å². The number of fused-ring (bicyclic) bond motifs is 1. The predicted molar refractivity (Wildman–Crippen MR) is 84.1 cm³/mol. The highest BCUT2D eigenvalue weighted by Gasteiger charge is 2.25. The third-order valence-corrected chi connectivity index (χ3v) is 4.23. The second kappa shape index (κ2) is 6.06. The van der Waals surface area contributed by atoms with E-state index in [0.29, 0.717) is 25.3 Å². The molecule has 1 aliphatic rings. The van der Waals surface area contributed by atoms with Crippen LogP contribution in [0.1, 0.15) is 21.7 Å². The lowest BCUT2D eigenvalue weighted by Gasteiger charge is -2.34. The van der Waals surface area contributed by atoms with E-state index in [1.165, 1.54) is 0 Å². The molecule has 1 fully saturated rings. The fourth-order valence-corrected chi connectivity index (χ4v) is 2.99. The van der Waals surface area contributed by atoms with E-state index in [4.69, 9.17) is 5.11 Å². The number of β-amino-alcohol motifs (C(OH)–C–C–N with tert-alkyl or cyclic N) is 1. The first-order valence-corrected chi connectivity index (χ1v) is 7.68. The zero-order chi connectivity index (χ0) is 15.7. The molecule has 0 bridgehead atoms. The van der Waals surface area contributed by atoms with Crippen LogP contribution in [0, 0.1) is 13.8 Å². The lowest BCUT2D eigenvalue weighted by molar-refractivity contribution is 0.0607. The average molecular weight is 302 g/mol. The van der Waals surface area contributed by atoms with E-state index in [1.54, 1.807) is 0 Å². The summed E-state index contributed by atoms with van der Waals surface area (Å²) in [5.74, 6) is 0.0394. The van der Waals surface area contributed by atoms with E-state index in [9.17, 15) is 4.79 Å². The molecular weight excluding hydrogens is 280 g/mol. The minimum absolute atomic E-state index is 0.0394. The van der Waals surface area contributed by atoms with Crippen molar-refractivity contribution < 1.29 is 9.90 Å². The Hall–Kier alpha value is -1.92. The molecule has 1 aliphatic heterocycles. The number of carbonyl (C=O) groups excluding carboxylic acids is 1. The standard InChI is InChI=1S/C16H22N4O2/c1-12-3-4-20-14(11-12)17-13(2)15(20)16(22)19-7-5-18(6-8-19)9-10-21/h3-4,11,21H,5-10H2,1-2H3. The summed E-state index contributed by atoms with van der Waals surface area (Å²) in [5, 5.41) is 8.99. The van der Waals surface area contributed by atoms with Crippen LogP contribution in [0.15, 0.2) is 18.3 Å². The van der Waals surface area contributed by atoms with Gasteiger partial charge >= 0.3 is 0 Å². The van der Waals surface area contributed by atoms with E-state index in [1.807, 2.05) is 41.5 Å². The molecule has 0 aromatic carbocycles. The molecule has 3 heterocycles. The normalized spacial score (nSPS) is 16.4. The number of imidazole rings is 1. The summed E-state index contributed by atoms with van der Waals surface area (Å²) >= 11 is 0. The van der Waals surface area contributed by atoms with Gasteiger partial charge in [0.25, 0.3) is 5.91 Å². The van der Waals surface area contributed by atoms with Gasteiger partial charge in [-0.25, -0.2) is 4.98 Å². The van der Waals surface area contributed by atoms with Crippen LogP contribution in [0.4, 0.5) is 0 Å². The molecule has 1 saturated heterocycles. The summed E-state index contributed by atoms with van der Waals surface area (Å²) < 4.78 is 1.88. The molecule has 2 aromatic heterocycles. The zero-order valence-corrected chi connectivity index (χ0v) is 13.1. The number of pyridine rings is 1. The molecule has 1 amide bonds. The molecule has 2 aromatic rings. The molecule has 22 heavy (non-hydrogen) atoms. The largest absolute Gasteiger partial charge is 0.395 e. The molecule has 118 valence electrons. The van der Waals surface area contributed by atoms with Crippen LogP contribution in [0.25, 0.3) is 5.65 Å². The van der Waals surface area contributed by atoms with Crippen LogP contribution in [-0.4, -0.2) is 69.5 Å². The predicted octanol–water partition coefficient (Wildman–Crippen LogP) is 0.701. The molecule has 3 rings (SSSR count). The highest BCUT2D eigenvalue weighted by atomic mass is 16.3. The number of nitrogens with zero attached hydrogens (tertiary/aromatic N) is 4. The van der Waals surface area contributed by atoms with Gasteiger partial charge in [0.1, 0.15) is 11.3 Å². The van der Waals surface area contributed by atoms with Crippen molar-refractivity contribution in [3.05, 3.63) is 35.3 Å². The van der Waals surface area contributed by atoms with Gasteiger partial charge in [0.2, 0.25) is 0 Å². The molecule has 0 aliphatic carbocycles. The van der Waals surface area contributed by atoms with Crippen LogP contribution in [0.2, 0.25) is 0 Å². The third kappa shape index (κ3) is 2.71. The SMILES string of the molecule is Cc1ccn2c(C(=O)N3CCN(CCO)CC3)c(C)nc2c1. The maximum absolute atomic E-state index is 12.8. The van der Waals surface area contributed by atoms with Crippen LogP contribution >= 0.6 is 0 Å². The topological polar surface area (TPSA) is 61.1 Å². The molecule has 0 spiro atoms. The Morgan fingerprint density at radius 2 is 2.00 bits per heavy atom. The van der Waals surface area contributed by atoms with Crippen LogP contribution in [0.5, 0.6) is 0 Å². The lowest BCUT2D eigenvalue weighted by atomic mass is 10.2. The highest BCUT2D eigenvalue weighted by molar-refractivity contribution is 5.94. The number of aliphatic hydroxyl groups excluding tert-OH is 1. The summed E-state index contributed by atoms with van der Waals surface area (Å²) in [5.41, 5.74) is 3.38. The molecule has 0 saturated carbocycles. The quantitative estimate of drug-likeness (QED) is 0.907. The second-order valence-electron chi connectivity index (χ2n) is 5.84. The Kier molecular flexibility index (Phi) is 4.13. The van der Waals surface area contributed by atoms with Gasteiger partial charge in [-0.1, -0.05) is 0 Å². The van der Waals surface area contributed by atoms with Gasteiger partial charge in [0.15, 0.2) is 0 Å². The van der Waals surface area contributed by atoms with Crippen molar-refractivity contribution >= 4 is 11.6 Å². The van der Waals surface area contributed by atoms with Crippen molar-refractivity contribution in [1.29, 1.82) is 0 Å². The first-order chi connectivity index (χ1) is 10.6. The van der Waals surface area contributed by atoms with Gasteiger partial charge in [-0.2, -0.15) is 0 Å². The average Bonchev–Trinajstić information content (AvgIpc) is 2.82. The monoisotopic (exact) mass is 302 g/mol. The first kappa shape index (κ1) is 15.0. The summed E-state index contributed by atoms with van der Waals surface area (Å²) in [6, 6.07) is 3.98. The van der Waals surface area contributed by atoms with Crippen molar-refractivity contribution in [2.75, 3.05) is 39.3 Å². The number of hydrogen-bond donors (Lipinski definition) is 1.